The van der Waals surface area contributed by atoms with Crippen LogP contribution in [0.1, 0.15) is 62.6 Å². The number of methoxy groups -OCH3 is 1. The van der Waals surface area contributed by atoms with Crippen LogP contribution in [0.5, 0.6) is 5.75 Å². The van der Waals surface area contributed by atoms with Gasteiger partial charge in [0.2, 0.25) is 0 Å². The maximum atomic E-state index is 13.6. The van der Waals surface area contributed by atoms with Crippen molar-refractivity contribution in [1.29, 1.82) is 0 Å². The summed E-state index contributed by atoms with van der Waals surface area (Å²) < 4.78 is 28.3. The van der Waals surface area contributed by atoms with Gasteiger partial charge in [0.05, 0.1) is 48.3 Å². The Hall–Kier alpha value is -4.32. The minimum Gasteiger partial charge on any atom is -0.492 e. The van der Waals surface area contributed by atoms with Crippen molar-refractivity contribution in [3.8, 4) is 11.6 Å². The molecule has 1 aliphatic carbocycles. The van der Waals surface area contributed by atoms with Gasteiger partial charge in [-0.25, -0.2) is 18.6 Å². The number of carbonyl (C=O) groups is 1. The van der Waals surface area contributed by atoms with Crippen LogP contribution in [0, 0.1) is 5.82 Å². The summed E-state index contributed by atoms with van der Waals surface area (Å²) in [5, 5.41) is 19.8. The van der Waals surface area contributed by atoms with Gasteiger partial charge in [-0.3, -0.25) is 9.89 Å². The Morgan fingerprint density at radius 1 is 1.25 bits per heavy atom. The molecule has 0 saturated heterocycles. The van der Waals surface area contributed by atoms with Gasteiger partial charge in [-0.2, -0.15) is 10.2 Å². The van der Waals surface area contributed by atoms with Crippen molar-refractivity contribution in [2.75, 3.05) is 13.7 Å². The van der Waals surface area contributed by atoms with Crippen molar-refractivity contribution in [1.82, 2.24) is 39.9 Å². The van der Waals surface area contributed by atoms with Gasteiger partial charge in [-0.1, -0.05) is 6.07 Å². The first-order valence-electron chi connectivity index (χ1n) is 13.4. The Balaban J connectivity index is 1.18. The molecule has 5 aromatic rings. The first kappa shape index (κ1) is 25.9. The molecule has 12 heteroatoms. The zero-order valence-electron chi connectivity index (χ0n) is 22.6. The van der Waals surface area contributed by atoms with E-state index in [0.29, 0.717) is 25.3 Å². The average molecular weight is 547 g/mol. The van der Waals surface area contributed by atoms with E-state index in [1.54, 1.807) is 25.6 Å². The van der Waals surface area contributed by atoms with Crippen LogP contribution in [0.3, 0.4) is 0 Å². The van der Waals surface area contributed by atoms with Crippen LogP contribution in [0.25, 0.3) is 22.4 Å². The summed E-state index contributed by atoms with van der Waals surface area (Å²) in [6.07, 6.45) is 10.4. The van der Waals surface area contributed by atoms with Crippen LogP contribution >= 0.6 is 0 Å². The maximum Gasteiger partial charge on any atom is 0.252 e. The standard InChI is InChI=1S/C28H31FN8O3/c1-4-40-21-11-22(25-23-14-31-34-26(23)35-37(25)16-21)18-7-9-28(39-3,10-8-18)27(38)33-17(2)19-5-6-24(30-12-19)36-15-20(29)13-32-36/h5-6,11-18H,4,7-10H2,1-3H3,(H,33,38)(H,34,35). The molecule has 1 saturated carbocycles. The minimum absolute atomic E-state index is 0.144. The highest BCUT2D eigenvalue weighted by atomic mass is 19.1. The van der Waals surface area contributed by atoms with Crippen molar-refractivity contribution in [3.63, 3.8) is 0 Å². The molecule has 1 fully saturated rings. The van der Waals surface area contributed by atoms with Crippen molar-refractivity contribution in [2.45, 2.75) is 57.1 Å². The topological polar surface area (TPSA) is 124 Å². The van der Waals surface area contributed by atoms with E-state index < -0.39 is 11.4 Å². The second-order valence-corrected chi connectivity index (χ2v) is 10.2. The Kier molecular flexibility index (Phi) is 6.70. The Bertz CT molecular complexity index is 1650. The van der Waals surface area contributed by atoms with Crippen molar-refractivity contribution in [3.05, 3.63) is 66.1 Å². The molecular formula is C28H31FN8O3. The summed E-state index contributed by atoms with van der Waals surface area (Å²) >= 11 is 0. The Morgan fingerprint density at radius 3 is 2.75 bits per heavy atom. The summed E-state index contributed by atoms with van der Waals surface area (Å²) in [4.78, 5) is 17.9. The number of H-pyrrole nitrogens is 1. The van der Waals surface area contributed by atoms with Crippen LogP contribution in [0.2, 0.25) is 0 Å². The van der Waals surface area contributed by atoms with Crippen molar-refractivity contribution < 1.29 is 18.7 Å². The van der Waals surface area contributed by atoms with Crippen LogP contribution in [-0.2, 0) is 9.53 Å². The van der Waals surface area contributed by atoms with Crippen LogP contribution < -0.4 is 10.1 Å². The van der Waals surface area contributed by atoms with Crippen LogP contribution in [0.15, 0.2) is 49.2 Å². The fourth-order valence-corrected chi connectivity index (χ4v) is 5.67. The molecular weight excluding hydrogens is 515 g/mol. The first-order valence-corrected chi connectivity index (χ1v) is 13.4. The highest BCUT2D eigenvalue weighted by Gasteiger charge is 2.43. The smallest absolute Gasteiger partial charge is 0.252 e. The number of aromatic nitrogens is 7. The molecule has 208 valence electrons. The number of nitrogens with one attached hydrogen (secondary N) is 2. The average Bonchev–Trinajstić information content (AvgIpc) is 3.69. The van der Waals surface area contributed by atoms with E-state index in [1.165, 1.54) is 10.9 Å². The number of halogens is 1. The minimum atomic E-state index is -0.927. The predicted molar refractivity (Wildman–Crippen MR) is 145 cm³/mol. The van der Waals surface area contributed by atoms with E-state index in [1.807, 2.05) is 30.6 Å². The van der Waals surface area contributed by atoms with Crippen molar-refractivity contribution >= 4 is 22.5 Å². The van der Waals surface area contributed by atoms with E-state index >= 15 is 0 Å². The third kappa shape index (κ3) is 4.57. The number of aromatic amines is 1. The lowest BCUT2D eigenvalue weighted by atomic mass is 9.75. The van der Waals surface area contributed by atoms with E-state index in [-0.39, 0.29) is 17.9 Å². The molecule has 6 rings (SSSR count). The third-order valence-electron chi connectivity index (χ3n) is 7.88. The van der Waals surface area contributed by atoms with Gasteiger partial charge in [0, 0.05) is 13.3 Å². The molecule has 1 amide bonds. The number of fused-ring (bicyclic) bond motifs is 3. The normalized spacial score (nSPS) is 20.1. The number of ether oxygens (including phenoxy) is 2. The molecule has 40 heavy (non-hydrogen) atoms. The van der Waals surface area contributed by atoms with E-state index in [2.05, 4.69) is 36.8 Å². The number of pyridine rings is 2. The summed E-state index contributed by atoms with van der Waals surface area (Å²) in [7, 11) is 1.60. The quantitative estimate of drug-likeness (QED) is 0.298. The maximum absolute atomic E-state index is 13.6. The van der Waals surface area contributed by atoms with Gasteiger partial charge in [-0.15, -0.1) is 5.10 Å². The molecule has 0 aliphatic heterocycles. The zero-order chi connectivity index (χ0) is 27.9. The van der Waals surface area contributed by atoms with Gasteiger partial charge >= 0.3 is 0 Å². The summed E-state index contributed by atoms with van der Waals surface area (Å²) in [5.41, 5.74) is 2.77. The molecule has 0 radical (unpaired) electrons. The molecule has 0 spiro atoms. The molecule has 1 aliphatic rings. The van der Waals surface area contributed by atoms with Gasteiger partial charge in [0.1, 0.15) is 11.4 Å². The lowest BCUT2D eigenvalue weighted by Gasteiger charge is -2.38. The summed E-state index contributed by atoms with van der Waals surface area (Å²) in [6.45, 7) is 4.42. The lowest BCUT2D eigenvalue weighted by Crippen LogP contribution is -2.50. The summed E-state index contributed by atoms with van der Waals surface area (Å²) in [6, 6.07) is 5.39. The van der Waals surface area contributed by atoms with Gasteiger partial charge in [0.25, 0.3) is 5.91 Å². The number of hydrogen-bond donors (Lipinski definition) is 2. The number of carbonyl (C=O) groups excluding carboxylic acids is 1. The van der Waals surface area contributed by atoms with Crippen LogP contribution in [0.4, 0.5) is 4.39 Å². The largest absolute Gasteiger partial charge is 0.492 e. The molecule has 1 atom stereocenters. The van der Waals surface area contributed by atoms with Crippen LogP contribution in [-0.4, -0.2) is 59.8 Å². The molecule has 5 heterocycles. The third-order valence-corrected chi connectivity index (χ3v) is 7.88. The number of amides is 1. The highest BCUT2D eigenvalue weighted by molar-refractivity contribution is 5.94. The second-order valence-electron chi connectivity index (χ2n) is 10.2. The fourth-order valence-electron chi connectivity index (χ4n) is 5.67. The number of rotatable bonds is 8. The van der Waals surface area contributed by atoms with Gasteiger partial charge < -0.3 is 14.8 Å². The number of nitrogens with zero attached hydrogens (tertiary/aromatic N) is 6. The lowest BCUT2D eigenvalue weighted by molar-refractivity contribution is -0.148. The number of hydrogen-bond acceptors (Lipinski definition) is 7. The monoisotopic (exact) mass is 546 g/mol. The van der Waals surface area contributed by atoms with Crippen molar-refractivity contribution in [2.24, 2.45) is 0 Å². The summed E-state index contributed by atoms with van der Waals surface area (Å²) in [5.74, 6) is 0.878. The molecule has 1 unspecified atom stereocenters. The molecule has 5 aromatic heterocycles. The van der Waals surface area contributed by atoms with Gasteiger partial charge in [-0.05, 0) is 68.7 Å². The molecule has 0 aromatic carbocycles. The highest BCUT2D eigenvalue weighted by Crippen LogP contribution is 2.43. The fraction of sp³-hybridized carbons (Fsp3) is 0.393. The Morgan fingerprint density at radius 2 is 2.08 bits per heavy atom. The van der Waals surface area contributed by atoms with E-state index in [4.69, 9.17) is 9.47 Å². The predicted octanol–water partition coefficient (Wildman–Crippen LogP) is 4.25. The zero-order valence-corrected chi connectivity index (χ0v) is 22.6. The second kappa shape index (κ2) is 10.3. The Labute approximate surface area is 229 Å². The van der Waals surface area contributed by atoms with Gasteiger partial charge in [0.15, 0.2) is 17.3 Å². The van der Waals surface area contributed by atoms with E-state index in [9.17, 15) is 9.18 Å². The first-order chi connectivity index (χ1) is 19.4. The molecule has 2 N–H and O–H groups in total. The van der Waals surface area contributed by atoms with E-state index in [0.717, 1.165) is 52.5 Å². The molecule has 0 bridgehead atoms. The SMILES string of the molecule is CCOc1cc(C2CCC(OC)(C(=O)NC(C)c3ccc(-n4cc(F)cn4)nc3)CC2)c2c3cn[nH]c3nn2c1. The molecule has 11 nitrogen and oxygen atoms in total.